The molecule has 9 heavy (non-hydrogen) atoms. The van der Waals surface area contributed by atoms with Crippen molar-refractivity contribution in [3.63, 3.8) is 0 Å². The Balaban J connectivity index is 0. The standard InChI is InChI=1S/C6H5.C2H5.Pd/c1-2-4-6-5-3-1;1-2;/h1-5H;1H2,2H3;/q2*-1;+2. The molecule has 1 aromatic carbocycles. The molecule has 0 heterocycles. The van der Waals surface area contributed by atoms with Gasteiger partial charge in [-0.1, -0.05) is 0 Å². The minimum atomic E-state index is 0. The maximum Gasteiger partial charge on any atom is 2.00 e. The Labute approximate surface area is 70.9 Å². The summed E-state index contributed by atoms with van der Waals surface area (Å²) < 4.78 is 0. The molecule has 1 heteroatoms. The quantitative estimate of drug-likeness (QED) is 0.457. The van der Waals surface area contributed by atoms with Gasteiger partial charge in [-0.15, -0.1) is 0 Å². The zero-order valence-corrected chi connectivity index (χ0v) is 6.96. The first-order chi connectivity index (χ1) is 4.00. The smallest absolute Gasteiger partial charge is 0.346 e. The summed E-state index contributed by atoms with van der Waals surface area (Å²) in [5.41, 5.74) is 0. The summed E-state index contributed by atoms with van der Waals surface area (Å²) in [5, 5.41) is 0. The molecule has 52 valence electrons. The summed E-state index contributed by atoms with van der Waals surface area (Å²) in [4.78, 5) is 0. The van der Waals surface area contributed by atoms with Gasteiger partial charge in [0.25, 0.3) is 0 Å². The molecular weight excluding hydrogens is 203 g/mol. The van der Waals surface area contributed by atoms with Crippen LogP contribution in [0.15, 0.2) is 30.3 Å². The van der Waals surface area contributed by atoms with Gasteiger partial charge in [-0.3, -0.25) is 0 Å². The minimum absolute atomic E-state index is 0. The monoisotopic (exact) mass is 212 g/mol. The van der Waals surface area contributed by atoms with Crippen LogP contribution in [0.2, 0.25) is 0 Å². The summed E-state index contributed by atoms with van der Waals surface area (Å²) in [6.45, 7) is 5.00. The number of hydrogen-bond acceptors (Lipinski definition) is 0. The second-order valence-electron chi connectivity index (χ2n) is 1.08. The molecule has 0 aromatic heterocycles. The van der Waals surface area contributed by atoms with Crippen LogP contribution in [0.25, 0.3) is 0 Å². The second kappa shape index (κ2) is 10.8. The first kappa shape index (κ1) is 11.7. The zero-order chi connectivity index (χ0) is 6.24. The van der Waals surface area contributed by atoms with Crippen molar-refractivity contribution >= 4 is 0 Å². The van der Waals surface area contributed by atoms with E-state index in [1.807, 2.05) is 30.3 Å². The minimum Gasteiger partial charge on any atom is -0.346 e. The molecule has 0 unspecified atom stereocenters. The van der Waals surface area contributed by atoms with Gasteiger partial charge in [0.2, 0.25) is 0 Å². The Bertz CT molecular complexity index is 76.5. The summed E-state index contributed by atoms with van der Waals surface area (Å²) in [7, 11) is 0. The predicted molar refractivity (Wildman–Crippen MR) is 36.3 cm³/mol. The van der Waals surface area contributed by atoms with Gasteiger partial charge in [-0.2, -0.15) is 43.3 Å². The average molecular weight is 213 g/mol. The zero-order valence-electron chi connectivity index (χ0n) is 5.41. The molecule has 0 aliphatic heterocycles. The third kappa shape index (κ3) is 7.88. The van der Waals surface area contributed by atoms with Crippen molar-refractivity contribution in [2.24, 2.45) is 0 Å². The van der Waals surface area contributed by atoms with Gasteiger partial charge in [0.05, 0.1) is 0 Å². The van der Waals surface area contributed by atoms with Crippen molar-refractivity contribution in [2.45, 2.75) is 6.92 Å². The van der Waals surface area contributed by atoms with Crippen LogP contribution >= 0.6 is 0 Å². The van der Waals surface area contributed by atoms with E-state index in [0.717, 1.165) is 0 Å². The van der Waals surface area contributed by atoms with Crippen LogP contribution in [0, 0.1) is 13.0 Å². The van der Waals surface area contributed by atoms with E-state index < -0.39 is 0 Å². The number of rotatable bonds is 0. The number of hydrogen-bond donors (Lipinski definition) is 0. The molecule has 0 aliphatic carbocycles. The molecule has 0 nitrogen and oxygen atoms in total. The van der Waals surface area contributed by atoms with Crippen molar-refractivity contribution in [3.05, 3.63) is 43.3 Å². The van der Waals surface area contributed by atoms with Crippen molar-refractivity contribution in [1.82, 2.24) is 0 Å². The molecule has 0 atom stereocenters. The Morgan fingerprint density at radius 1 is 1.00 bits per heavy atom. The van der Waals surface area contributed by atoms with Gasteiger partial charge in [-0.25, -0.2) is 0 Å². The maximum absolute atomic E-state index is 3.25. The summed E-state index contributed by atoms with van der Waals surface area (Å²) in [6.07, 6.45) is 0. The van der Waals surface area contributed by atoms with Crippen LogP contribution in [0.5, 0.6) is 0 Å². The molecule has 0 bridgehead atoms. The van der Waals surface area contributed by atoms with Crippen LogP contribution in [-0.2, 0) is 20.4 Å². The maximum atomic E-state index is 3.25. The van der Waals surface area contributed by atoms with Crippen molar-refractivity contribution < 1.29 is 20.4 Å². The van der Waals surface area contributed by atoms with Crippen LogP contribution < -0.4 is 0 Å². The molecule has 0 radical (unpaired) electrons. The molecule has 0 N–H and O–H groups in total. The fourth-order valence-electron chi connectivity index (χ4n) is 0.342. The fourth-order valence-corrected chi connectivity index (χ4v) is 0.342. The van der Waals surface area contributed by atoms with Gasteiger partial charge in [0, 0.05) is 0 Å². The van der Waals surface area contributed by atoms with E-state index in [4.69, 9.17) is 0 Å². The van der Waals surface area contributed by atoms with Gasteiger partial charge in [0.1, 0.15) is 0 Å². The van der Waals surface area contributed by atoms with Crippen molar-refractivity contribution in [2.75, 3.05) is 0 Å². The Morgan fingerprint density at radius 2 is 1.44 bits per heavy atom. The van der Waals surface area contributed by atoms with E-state index in [1.54, 1.807) is 6.92 Å². The molecular formula is C8H10Pd. The Hall–Kier alpha value is -0.118. The van der Waals surface area contributed by atoms with E-state index in [1.165, 1.54) is 0 Å². The second-order valence-corrected chi connectivity index (χ2v) is 1.08. The summed E-state index contributed by atoms with van der Waals surface area (Å²) >= 11 is 0. The van der Waals surface area contributed by atoms with Crippen LogP contribution in [0.4, 0.5) is 0 Å². The summed E-state index contributed by atoms with van der Waals surface area (Å²) in [6, 6.07) is 12.5. The van der Waals surface area contributed by atoms with Crippen molar-refractivity contribution in [3.8, 4) is 0 Å². The Morgan fingerprint density at radius 3 is 1.56 bits per heavy atom. The van der Waals surface area contributed by atoms with E-state index in [-0.39, 0.29) is 20.4 Å². The fraction of sp³-hybridized carbons (Fsp3) is 0.125. The normalized spacial score (nSPS) is 6.00. The van der Waals surface area contributed by atoms with Gasteiger partial charge in [0.15, 0.2) is 0 Å². The molecule has 0 saturated carbocycles. The van der Waals surface area contributed by atoms with Gasteiger partial charge < -0.3 is 6.92 Å². The summed E-state index contributed by atoms with van der Waals surface area (Å²) in [5.74, 6) is 0. The van der Waals surface area contributed by atoms with Crippen molar-refractivity contribution in [1.29, 1.82) is 0 Å². The Kier molecular flexibility index (Phi) is 14.0. The molecule has 0 amide bonds. The van der Waals surface area contributed by atoms with E-state index in [9.17, 15) is 0 Å². The van der Waals surface area contributed by atoms with Crippen LogP contribution in [0.3, 0.4) is 0 Å². The van der Waals surface area contributed by atoms with E-state index in [0.29, 0.717) is 0 Å². The van der Waals surface area contributed by atoms with E-state index in [2.05, 4.69) is 13.0 Å². The molecule has 1 rings (SSSR count). The topological polar surface area (TPSA) is 0 Å². The molecule has 0 fully saturated rings. The third-order valence-electron chi connectivity index (χ3n) is 0.607. The SMILES string of the molecule is [CH2-]C.[Pd+2].[c-]1ccccc1. The molecule has 0 spiro atoms. The van der Waals surface area contributed by atoms with Gasteiger partial charge in [-0.05, 0) is 0 Å². The predicted octanol–water partition coefficient (Wildman–Crippen LogP) is 2.32. The third-order valence-corrected chi connectivity index (χ3v) is 0.607. The van der Waals surface area contributed by atoms with Crippen LogP contribution in [-0.4, -0.2) is 0 Å². The first-order valence-corrected chi connectivity index (χ1v) is 2.62. The average Bonchev–Trinajstić information content (AvgIpc) is 1.96. The first-order valence-electron chi connectivity index (χ1n) is 2.62. The largest absolute Gasteiger partial charge is 2.00 e. The van der Waals surface area contributed by atoms with Gasteiger partial charge >= 0.3 is 20.4 Å². The molecule has 1 aromatic rings. The number of benzene rings is 1. The molecule has 0 saturated heterocycles. The van der Waals surface area contributed by atoms with Crippen LogP contribution in [0.1, 0.15) is 6.92 Å². The molecule has 0 aliphatic rings. The van der Waals surface area contributed by atoms with E-state index >= 15 is 0 Å².